The minimum Gasteiger partial charge on any atom is -0.481 e. The van der Waals surface area contributed by atoms with Crippen molar-refractivity contribution in [2.45, 2.75) is 122 Å². The van der Waals surface area contributed by atoms with Crippen LogP contribution in [0.5, 0.6) is 0 Å². The van der Waals surface area contributed by atoms with Gasteiger partial charge in [0.15, 0.2) is 0 Å². The van der Waals surface area contributed by atoms with E-state index in [1.165, 1.54) is 83.5 Å². The quantitative estimate of drug-likeness (QED) is 0.157. The summed E-state index contributed by atoms with van der Waals surface area (Å²) in [5, 5.41) is 17.7. The van der Waals surface area contributed by atoms with Gasteiger partial charge in [0.05, 0.1) is 12.3 Å². The van der Waals surface area contributed by atoms with Crippen molar-refractivity contribution in [3.8, 4) is 0 Å². The van der Waals surface area contributed by atoms with E-state index in [1.54, 1.807) is 0 Å². The second kappa shape index (κ2) is 20.4. The van der Waals surface area contributed by atoms with E-state index < -0.39 is 17.9 Å². The average molecular weight is 397 g/mol. The molecular weight excluding hydrogens is 352 g/mol. The standard InChI is InChI=1S/C24H44O4/c1-2-3-4-5-6-7-8-9-10-11-12-13-14-15-16-17-18-19-20-22(24(27)28)21-23(25)26/h2-3,22H,4-21H2,1H3,(H,25,26)(H,27,28)/b3-2+. The predicted molar refractivity (Wildman–Crippen MR) is 117 cm³/mol. The van der Waals surface area contributed by atoms with Crippen molar-refractivity contribution in [2.75, 3.05) is 0 Å². The van der Waals surface area contributed by atoms with Crippen molar-refractivity contribution in [2.24, 2.45) is 5.92 Å². The number of rotatable bonds is 21. The zero-order chi connectivity index (χ0) is 20.9. The minimum absolute atomic E-state index is 0.258. The summed E-state index contributed by atoms with van der Waals surface area (Å²) in [6.45, 7) is 2.09. The molecule has 4 heteroatoms. The number of aliphatic carboxylic acids is 2. The van der Waals surface area contributed by atoms with E-state index in [9.17, 15) is 9.59 Å². The Kier molecular flexibility index (Phi) is 19.5. The number of hydrogen-bond donors (Lipinski definition) is 2. The molecule has 0 heterocycles. The van der Waals surface area contributed by atoms with Crippen LogP contribution in [0.2, 0.25) is 0 Å². The number of allylic oxidation sites excluding steroid dienone is 2. The van der Waals surface area contributed by atoms with E-state index in [4.69, 9.17) is 10.2 Å². The molecule has 0 saturated heterocycles. The molecule has 0 aliphatic carbocycles. The van der Waals surface area contributed by atoms with Gasteiger partial charge in [-0.2, -0.15) is 0 Å². The Labute approximate surface area is 172 Å². The molecule has 28 heavy (non-hydrogen) atoms. The fourth-order valence-corrected chi connectivity index (χ4v) is 3.64. The summed E-state index contributed by atoms with van der Waals surface area (Å²) in [4.78, 5) is 21.6. The highest BCUT2D eigenvalue weighted by Crippen LogP contribution is 2.17. The maximum Gasteiger partial charge on any atom is 0.307 e. The zero-order valence-corrected chi connectivity index (χ0v) is 18.2. The fourth-order valence-electron chi connectivity index (χ4n) is 3.64. The highest BCUT2D eigenvalue weighted by Gasteiger charge is 2.20. The van der Waals surface area contributed by atoms with Gasteiger partial charge in [0.1, 0.15) is 0 Å². The summed E-state index contributed by atoms with van der Waals surface area (Å²) >= 11 is 0. The van der Waals surface area contributed by atoms with Crippen molar-refractivity contribution >= 4 is 11.9 Å². The number of unbranched alkanes of at least 4 members (excludes halogenated alkanes) is 15. The molecule has 0 rings (SSSR count). The van der Waals surface area contributed by atoms with Crippen LogP contribution < -0.4 is 0 Å². The first kappa shape index (κ1) is 26.7. The predicted octanol–water partition coefficient (Wildman–Crippen LogP) is 7.37. The van der Waals surface area contributed by atoms with Crippen LogP contribution in [0.4, 0.5) is 0 Å². The van der Waals surface area contributed by atoms with Gasteiger partial charge in [-0.1, -0.05) is 102 Å². The molecule has 1 unspecified atom stereocenters. The molecule has 164 valence electrons. The number of carboxylic acids is 2. The lowest BCUT2D eigenvalue weighted by atomic mass is 9.97. The van der Waals surface area contributed by atoms with Gasteiger partial charge < -0.3 is 10.2 Å². The summed E-state index contributed by atoms with van der Waals surface area (Å²) in [7, 11) is 0. The van der Waals surface area contributed by atoms with E-state index >= 15 is 0 Å². The molecule has 0 aliphatic rings. The van der Waals surface area contributed by atoms with E-state index in [1.807, 2.05) is 0 Å². The Morgan fingerprint density at radius 1 is 0.679 bits per heavy atom. The largest absolute Gasteiger partial charge is 0.481 e. The van der Waals surface area contributed by atoms with Gasteiger partial charge in [-0.15, -0.1) is 0 Å². The van der Waals surface area contributed by atoms with E-state index in [0.29, 0.717) is 6.42 Å². The highest BCUT2D eigenvalue weighted by atomic mass is 16.4. The van der Waals surface area contributed by atoms with E-state index in [0.717, 1.165) is 19.3 Å². The van der Waals surface area contributed by atoms with Crippen LogP contribution in [0.25, 0.3) is 0 Å². The van der Waals surface area contributed by atoms with E-state index in [2.05, 4.69) is 19.1 Å². The molecule has 4 nitrogen and oxygen atoms in total. The van der Waals surface area contributed by atoms with Crippen molar-refractivity contribution in [3.63, 3.8) is 0 Å². The van der Waals surface area contributed by atoms with Gasteiger partial charge >= 0.3 is 11.9 Å². The molecule has 0 aliphatic heterocycles. The maximum atomic E-state index is 11.0. The molecule has 0 aromatic rings. The third kappa shape index (κ3) is 19.4. The Hall–Kier alpha value is -1.32. The molecule has 0 bridgehead atoms. The van der Waals surface area contributed by atoms with Crippen LogP contribution in [-0.2, 0) is 9.59 Å². The van der Waals surface area contributed by atoms with Gasteiger partial charge in [-0.05, 0) is 26.2 Å². The molecular formula is C24H44O4. The molecule has 2 N–H and O–H groups in total. The fraction of sp³-hybridized carbons (Fsp3) is 0.833. The lowest BCUT2D eigenvalue weighted by molar-refractivity contribution is -0.148. The SMILES string of the molecule is C/C=C/CCCCCCCCCCCCCCCCCC(CC(=O)O)C(=O)O. The lowest BCUT2D eigenvalue weighted by Gasteiger charge is -2.09. The second-order valence-electron chi connectivity index (χ2n) is 8.08. The summed E-state index contributed by atoms with van der Waals surface area (Å²) < 4.78 is 0. The van der Waals surface area contributed by atoms with Crippen LogP contribution in [0.15, 0.2) is 12.2 Å². The van der Waals surface area contributed by atoms with Crippen LogP contribution in [-0.4, -0.2) is 22.2 Å². The summed E-state index contributed by atoms with van der Waals surface area (Å²) in [6, 6.07) is 0. The summed E-state index contributed by atoms with van der Waals surface area (Å²) in [5.74, 6) is -2.73. The average Bonchev–Trinajstić information content (AvgIpc) is 2.65. The van der Waals surface area contributed by atoms with Crippen molar-refractivity contribution in [1.29, 1.82) is 0 Å². The van der Waals surface area contributed by atoms with Crippen molar-refractivity contribution < 1.29 is 19.8 Å². The first-order valence-electron chi connectivity index (χ1n) is 11.6. The topological polar surface area (TPSA) is 74.6 Å². The molecule has 0 aromatic heterocycles. The Morgan fingerprint density at radius 2 is 1.07 bits per heavy atom. The van der Waals surface area contributed by atoms with Gasteiger partial charge in [-0.3, -0.25) is 9.59 Å². The van der Waals surface area contributed by atoms with Crippen molar-refractivity contribution in [3.05, 3.63) is 12.2 Å². The third-order valence-corrected chi connectivity index (χ3v) is 5.43. The zero-order valence-electron chi connectivity index (χ0n) is 18.2. The van der Waals surface area contributed by atoms with Crippen LogP contribution in [0.1, 0.15) is 122 Å². The van der Waals surface area contributed by atoms with Gasteiger partial charge in [-0.25, -0.2) is 0 Å². The Bertz CT molecular complexity index is 403. The first-order chi connectivity index (χ1) is 13.6. The van der Waals surface area contributed by atoms with Gasteiger partial charge in [0.25, 0.3) is 0 Å². The molecule has 0 aromatic carbocycles. The molecule has 0 saturated carbocycles. The molecule has 0 spiro atoms. The van der Waals surface area contributed by atoms with E-state index in [-0.39, 0.29) is 6.42 Å². The molecule has 0 fully saturated rings. The Morgan fingerprint density at radius 3 is 1.43 bits per heavy atom. The van der Waals surface area contributed by atoms with Crippen LogP contribution in [0, 0.1) is 5.92 Å². The molecule has 0 radical (unpaired) electrons. The summed E-state index contributed by atoms with van der Waals surface area (Å²) in [6.07, 6.45) is 25.0. The van der Waals surface area contributed by atoms with Crippen LogP contribution in [0.3, 0.4) is 0 Å². The summed E-state index contributed by atoms with van der Waals surface area (Å²) in [5.41, 5.74) is 0. The number of carboxylic acid groups (broad SMARTS) is 2. The third-order valence-electron chi connectivity index (χ3n) is 5.43. The monoisotopic (exact) mass is 396 g/mol. The van der Waals surface area contributed by atoms with Crippen LogP contribution >= 0.6 is 0 Å². The van der Waals surface area contributed by atoms with Crippen molar-refractivity contribution in [1.82, 2.24) is 0 Å². The highest BCUT2D eigenvalue weighted by molar-refractivity contribution is 5.77. The lowest BCUT2D eigenvalue weighted by Crippen LogP contribution is -2.17. The molecule has 0 amide bonds. The minimum atomic E-state index is -1.02. The normalized spacial score (nSPS) is 12.5. The number of hydrogen-bond acceptors (Lipinski definition) is 2. The second-order valence-corrected chi connectivity index (χ2v) is 8.08. The maximum absolute atomic E-state index is 11.0. The first-order valence-corrected chi connectivity index (χ1v) is 11.6. The van der Waals surface area contributed by atoms with Gasteiger partial charge in [0.2, 0.25) is 0 Å². The molecule has 1 atom stereocenters. The Balaban J connectivity index is 3.25. The smallest absolute Gasteiger partial charge is 0.307 e. The number of carbonyl (C=O) groups is 2. The van der Waals surface area contributed by atoms with Gasteiger partial charge in [0, 0.05) is 0 Å².